The van der Waals surface area contributed by atoms with Gasteiger partial charge in [-0.05, 0) is 50.3 Å². The summed E-state index contributed by atoms with van der Waals surface area (Å²) in [6, 6.07) is 5.26. The third-order valence-electron chi connectivity index (χ3n) is 5.74. The van der Waals surface area contributed by atoms with Gasteiger partial charge in [0, 0.05) is 12.6 Å². The van der Waals surface area contributed by atoms with E-state index in [0.717, 1.165) is 18.4 Å². The molecule has 1 saturated carbocycles. The topological polar surface area (TPSA) is 86.1 Å². The largest absolute Gasteiger partial charge is 0.449 e. The normalized spacial score (nSPS) is 23.8. The van der Waals surface area contributed by atoms with Crippen molar-refractivity contribution in [3.8, 4) is 0 Å². The predicted octanol–water partition coefficient (Wildman–Crippen LogP) is 2.94. The zero-order chi connectivity index (χ0) is 19.6. The zero-order valence-electron chi connectivity index (χ0n) is 16.4. The molecule has 1 heterocycles. The number of aryl methyl sites for hydroxylation is 1. The third-order valence-corrected chi connectivity index (χ3v) is 5.74. The average Bonchev–Trinajstić information content (AvgIpc) is 3.07. The molecule has 1 aromatic carbocycles. The van der Waals surface area contributed by atoms with Crippen molar-refractivity contribution in [3.63, 3.8) is 0 Å². The highest BCUT2D eigenvalue weighted by molar-refractivity contribution is 5.95. The van der Waals surface area contributed by atoms with E-state index in [-0.39, 0.29) is 11.9 Å². The maximum Gasteiger partial charge on any atom is 0.338 e. The first kappa shape index (κ1) is 19.3. The van der Waals surface area contributed by atoms with Gasteiger partial charge in [-0.3, -0.25) is 4.79 Å². The number of hydrogen-bond acceptors (Lipinski definition) is 5. The highest BCUT2D eigenvalue weighted by Gasteiger charge is 2.30. The lowest BCUT2D eigenvalue weighted by Crippen LogP contribution is -2.47. The highest BCUT2D eigenvalue weighted by Crippen LogP contribution is 2.29. The van der Waals surface area contributed by atoms with Crippen molar-refractivity contribution < 1.29 is 14.3 Å². The van der Waals surface area contributed by atoms with Crippen LogP contribution >= 0.6 is 0 Å². The molecule has 0 radical (unpaired) electrons. The lowest BCUT2D eigenvalue weighted by atomic mass is 9.78. The molecule has 1 aliphatic carbocycles. The number of esters is 1. The van der Waals surface area contributed by atoms with Gasteiger partial charge in [-0.1, -0.05) is 31.9 Å². The summed E-state index contributed by atoms with van der Waals surface area (Å²) in [6.07, 6.45) is 2.44. The van der Waals surface area contributed by atoms with Gasteiger partial charge in [0.25, 0.3) is 5.91 Å². The Morgan fingerprint density at radius 1 is 1.33 bits per heavy atom. The van der Waals surface area contributed by atoms with Gasteiger partial charge in [-0.25, -0.2) is 9.48 Å². The van der Waals surface area contributed by atoms with Crippen molar-refractivity contribution in [2.45, 2.75) is 65.6 Å². The average molecular weight is 372 g/mol. The van der Waals surface area contributed by atoms with Crippen LogP contribution in [0.2, 0.25) is 0 Å². The van der Waals surface area contributed by atoms with E-state index in [0.29, 0.717) is 29.5 Å². The summed E-state index contributed by atoms with van der Waals surface area (Å²) in [7, 11) is 0. The van der Waals surface area contributed by atoms with Crippen LogP contribution in [0.15, 0.2) is 18.2 Å². The number of hydrogen-bond donors (Lipinski definition) is 1. The van der Waals surface area contributed by atoms with Crippen LogP contribution in [0.4, 0.5) is 0 Å². The third kappa shape index (κ3) is 4.12. The van der Waals surface area contributed by atoms with Crippen molar-refractivity contribution in [3.05, 3.63) is 23.8 Å². The lowest BCUT2D eigenvalue weighted by Gasteiger charge is -2.35. The van der Waals surface area contributed by atoms with Gasteiger partial charge in [0.2, 0.25) is 0 Å². The molecule has 1 aromatic heterocycles. The molecule has 7 heteroatoms. The number of benzene rings is 1. The van der Waals surface area contributed by atoms with E-state index in [1.165, 1.54) is 6.42 Å². The van der Waals surface area contributed by atoms with E-state index in [2.05, 4.69) is 29.5 Å². The molecule has 0 saturated heterocycles. The molecule has 1 fully saturated rings. The summed E-state index contributed by atoms with van der Waals surface area (Å²) < 4.78 is 7.13. The van der Waals surface area contributed by atoms with Crippen LogP contribution in [-0.4, -0.2) is 39.0 Å². The molecular formula is C20H28N4O3. The number of aromatic nitrogens is 3. The minimum Gasteiger partial charge on any atom is -0.449 e. The number of carbonyl (C=O) groups is 2. The standard InChI is InChI=1S/C20H28N4O3/c1-5-24-18-10-9-15(11-17(18)22-23-24)20(26)27-14(4)19(25)21-16-8-6-7-12(2)13(16)3/h9-14,16H,5-8H2,1-4H3,(H,21,25)/t12-,13+,14-,16-/m1/s1. The van der Waals surface area contributed by atoms with Crippen LogP contribution in [-0.2, 0) is 16.1 Å². The fraction of sp³-hybridized carbons (Fsp3) is 0.600. The first-order valence-corrected chi connectivity index (χ1v) is 9.75. The Bertz CT molecular complexity index is 832. The van der Waals surface area contributed by atoms with Crippen molar-refractivity contribution >= 4 is 22.9 Å². The molecule has 1 amide bonds. The number of carbonyl (C=O) groups excluding carboxylic acids is 2. The Morgan fingerprint density at radius 2 is 2.11 bits per heavy atom. The number of amides is 1. The molecular weight excluding hydrogens is 344 g/mol. The first-order chi connectivity index (χ1) is 12.9. The number of nitrogens with one attached hydrogen (secondary N) is 1. The van der Waals surface area contributed by atoms with Gasteiger partial charge in [0.15, 0.2) is 6.10 Å². The summed E-state index contributed by atoms with van der Waals surface area (Å²) in [6.45, 7) is 8.68. The van der Waals surface area contributed by atoms with Gasteiger partial charge < -0.3 is 10.1 Å². The molecule has 0 aliphatic heterocycles. The van der Waals surface area contributed by atoms with Crippen LogP contribution in [0.25, 0.3) is 11.0 Å². The summed E-state index contributed by atoms with van der Waals surface area (Å²) in [5, 5.41) is 11.2. The Balaban J connectivity index is 1.62. The summed E-state index contributed by atoms with van der Waals surface area (Å²) in [5.74, 6) is 0.238. The fourth-order valence-corrected chi connectivity index (χ4v) is 3.70. The Labute approximate surface area is 159 Å². The molecule has 1 aliphatic rings. The molecule has 3 rings (SSSR count). The van der Waals surface area contributed by atoms with Crippen LogP contribution in [0.3, 0.4) is 0 Å². The number of ether oxygens (including phenoxy) is 1. The van der Waals surface area contributed by atoms with E-state index < -0.39 is 12.1 Å². The first-order valence-electron chi connectivity index (χ1n) is 9.75. The molecule has 4 atom stereocenters. The molecule has 0 unspecified atom stereocenters. The SMILES string of the molecule is CCn1nnc2cc(C(=O)O[C@H](C)C(=O)N[C@@H]3CCC[C@@H](C)[C@@H]3C)ccc21. The molecule has 7 nitrogen and oxygen atoms in total. The second kappa shape index (κ2) is 8.06. The molecule has 146 valence electrons. The monoisotopic (exact) mass is 372 g/mol. The van der Waals surface area contributed by atoms with E-state index in [9.17, 15) is 9.59 Å². The Morgan fingerprint density at radius 3 is 2.85 bits per heavy atom. The number of fused-ring (bicyclic) bond motifs is 1. The van der Waals surface area contributed by atoms with Gasteiger partial charge in [0.1, 0.15) is 5.52 Å². The predicted molar refractivity (Wildman–Crippen MR) is 102 cm³/mol. The van der Waals surface area contributed by atoms with Gasteiger partial charge in [-0.2, -0.15) is 0 Å². The summed E-state index contributed by atoms with van der Waals surface area (Å²) in [5.41, 5.74) is 1.86. The fourth-order valence-electron chi connectivity index (χ4n) is 3.70. The highest BCUT2D eigenvalue weighted by atomic mass is 16.5. The van der Waals surface area contributed by atoms with Gasteiger partial charge in [0.05, 0.1) is 11.1 Å². The number of nitrogens with zero attached hydrogens (tertiary/aromatic N) is 3. The Hall–Kier alpha value is -2.44. The van der Waals surface area contributed by atoms with Crippen LogP contribution in [0.5, 0.6) is 0 Å². The van der Waals surface area contributed by atoms with E-state index in [1.807, 2.05) is 6.92 Å². The molecule has 2 aromatic rings. The minimum atomic E-state index is -0.844. The van der Waals surface area contributed by atoms with E-state index in [1.54, 1.807) is 29.8 Å². The minimum absolute atomic E-state index is 0.142. The van der Waals surface area contributed by atoms with Crippen molar-refractivity contribution in [2.24, 2.45) is 11.8 Å². The lowest BCUT2D eigenvalue weighted by molar-refractivity contribution is -0.130. The molecule has 1 N–H and O–H groups in total. The van der Waals surface area contributed by atoms with Crippen LogP contribution in [0, 0.1) is 11.8 Å². The maximum absolute atomic E-state index is 12.5. The smallest absolute Gasteiger partial charge is 0.338 e. The second-order valence-electron chi connectivity index (χ2n) is 7.54. The summed E-state index contributed by atoms with van der Waals surface area (Å²) in [4.78, 5) is 24.9. The maximum atomic E-state index is 12.5. The van der Waals surface area contributed by atoms with Crippen LogP contribution in [0.1, 0.15) is 57.3 Å². The number of rotatable bonds is 5. The zero-order valence-corrected chi connectivity index (χ0v) is 16.4. The van der Waals surface area contributed by atoms with E-state index >= 15 is 0 Å². The molecule has 0 spiro atoms. The quantitative estimate of drug-likeness (QED) is 0.816. The van der Waals surface area contributed by atoms with Crippen molar-refractivity contribution in [2.75, 3.05) is 0 Å². The second-order valence-corrected chi connectivity index (χ2v) is 7.54. The molecule has 0 bridgehead atoms. The van der Waals surface area contributed by atoms with Gasteiger partial charge in [-0.15, -0.1) is 5.10 Å². The van der Waals surface area contributed by atoms with Gasteiger partial charge >= 0.3 is 5.97 Å². The summed E-state index contributed by atoms with van der Waals surface area (Å²) >= 11 is 0. The molecule has 27 heavy (non-hydrogen) atoms. The Kier molecular flexibility index (Phi) is 5.77. The van der Waals surface area contributed by atoms with Crippen molar-refractivity contribution in [1.82, 2.24) is 20.3 Å². The van der Waals surface area contributed by atoms with Crippen molar-refractivity contribution in [1.29, 1.82) is 0 Å². The van der Waals surface area contributed by atoms with E-state index in [4.69, 9.17) is 4.74 Å². The van der Waals surface area contributed by atoms with Crippen LogP contribution < -0.4 is 5.32 Å².